The summed E-state index contributed by atoms with van der Waals surface area (Å²) in [5.41, 5.74) is 5.78. The first-order chi connectivity index (χ1) is 5.74. The van der Waals surface area contributed by atoms with Gasteiger partial charge in [0, 0.05) is 0 Å². The maximum Gasteiger partial charge on any atom is 0.243 e. The predicted molar refractivity (Wildman–Crippen MR) is 49.0 cm³/mol. The van der Waals surface area contributed by atoms with E-state index >= 15 is 0 Å². The van der Waals surface area contributed by atoms with Gasteiger partial charge in [0.25, 0.3) is 0 Å². The van der Waals surface area contributed by atoms with Gasteiger partial charge in [-0.3, -0.25) is 0 Å². The molecule has 12 heavy (non-hydrogen) atoms. The molecule has 0 spiro atoms. The molecule has 1 aromatic heterocycles. The quantitative estimate of drug-likeness (QED) is 0.765. The van der Waals surface area contributed by atoms with E-state index in [-0.39, 0.29) is 6.04 Å². The number of thioether (sulfide) groups is 1. The van der Waals surface area contributed by atoms with Crippen molar-refractivity contribution < 1.29 is 4.52 Å². The van der Waals surface area contributed by atoms with Crippen LogP contribution in [0, 0.1) is 6.92 Å². The molecule has 0 amide bonds. The van der Waals surface area contributed by atoms with Crippen LogP contribution in [0.25, 0.3) is 0 Å². The zero-order chi connectivity index (χ0) is 8.97. The molecule has 0 saturated carbocycles. The Hall–Kier alpha value is -0.550. The minimum absolute atomic E-state index is 0.112. The number of aromatic nitrogens is 2. The first kappa shape index (κ1) is 9.54. The summed E-state index contributed by atoms with van der Waals surface area (Å²) in [5, 5.41) is 3.67. The van der Waals surface area contributed by atoms with Crippen molar-refractivity contribution in [2.24, 2.45) is 5.73 Å². The molecule has 0 radical (unpaired) electrons. The molecule has 0 saturated heterocycles. The zero-order valence-electron chi connectivity index (χ0n) is 7.28. The largest absolute Gasteiger partial charge is 0.338 e. The summed E-state index contributed by atoms with van der Waals surface area (Å²) >= 11 is 1.76. The van der Waals surface area contributed by atoms with E-state index in [2.05, 4.69) is 10.1 Å². The second-order valence-corrected chi connectivity index (χ2v) is 3.55. The number of nitrogens with zero attached hydrogens (tertiary/aromatic N) is 2. The standard InChI is InChI=1S/C7H13N3OS/c1-5-9-7(11-10-5)6(8)3-4-12-2/h6H,3-4,8H2,1-2H3. The monoisotopic (exact) mass is 187 g/mol. The van der Waals surface area contributed by atoms with Gasteiger partial charge in [-0.15, -0.1) is 0 Å². The van der Waals surface area contributed by atoms with Gasteiger partial charge in [0.1, 0.15) is 0 Å². The van der Waals surface area contributed by atoms with Gasteiger partial charge in [-0.05, 0) is 25.4 Å². The van der Waals surface area contributed by atoms with Crippen LogP contribution >= 0.6 is 11.8 Å². The van der Waals surface area contributed by atoms with E-state index in [1.807, 2.05) is 6.26 Å². The molecule has 0 aliphatic heterocycles. The summed E-state index contributed by atoms with van der Waals surface area (Å²) in [6, 6.07) is -0.112. The lowest BCUT2D eigenvalue weighted by Gasteiger charge is -2.03. The van der Waals surface area contributed by atoms with Crippen LogP contribution in [0.4, 0.5) is 0 Å². The normalized spacial score (nSPS) is 13.2. The van der Waals surface area contributed by atoms with Crippen molar-refractivity contribution >= 4 is 11.8 Å². The van der Waals surface area contributed by atoms with Crippen molar-refractivity contribution in [2.45, 2.75) is 19.4 Å². The number of rotatable bonds is 4. The van der Waals surface area contributed by atoms with Crippen LogP contribution in [-0.2, 0) is 0 Å². The first-order valence-corrected chi connectivity index (χ1v) is 5.18. The van der Waals surface area contributed by atoms with Gasteiger partial charge in [-0.1, -0.05) is 5.16 Å². The fourth-order valence-electron chi connectivity index (χ4n) is 0.832. The van der Waals surface area contributed by atoms with E-state index in [0.29, 0.717) is 11.7 Å². The van der Waals surface area contributed by atoms with Crippen molar-refractivity contribution in [1.29, 1.82) is 0 Å². The van der Waals surface area contributed by atoms with Crippen LogP contribution < -0.4 is 5.73 Å². The molecule has 2 N–H and O–H groups in total. The van der Waals surface area contributed by atoms with Crippen LogP contribution in [-0.4, -0.2) is 22.1 Å². The molecule has 0 bridgehead atoms. The van der Waals surface area contributed by atoms with Crippen LogP contribution in [0.5, 0.6) is 0 Å². The topological polar surface area (TPSA) is 64.9 Å². The van der Waals surface area contributed by atoms with Crippen LogP contribution in [0.15, 0.2) is 4.52 Å². The molecule has 0 aromatic carbocycles. The molecular formula is C7H13N3OS. The van der Waals surface area contributed by atoms with E-state index < -0.39 is 0 Å². The Morgan fingerprint density at radius 1 is 1.67 bits per heavy atom. The highest BCUT2D eigenvalue weighted by Crippen LogP contribution is 2.13. The second-order valence-electron chi connectivity index (χ2n) is 2.57. The lowest BCUT2D eigenvalue weighted by molar-refractivity contribution is 0.350. The minimum atomic E-state index is -0.112. The van der Waals surface area contributed by atoms with Gasteiger partial charge in [-0.2, -0.15) is 16.7 Å². The SMILES string of the molecule is CSCCC(N)c1nc(C)no1. The molecule has 0 aliphatic rings. The third-order valence-corrected chi connectivity index (χ3v) is 2.14. The Morgan fingerprint density at radius 3 is 2.92 bits per heavy atom. The Labute approximate surface area is 75.9 Å². The van der Waals surface area contributed by atoms with Gasteiger partial charge in [0.2, 0.25) is 5.89 Å². The van der Waals surface area contributed by atoms with Crippen molar-refractivity contribution in [2.75, 3.05) is 12.0 Å². The van der Waals surface area contributed by atoms with E-state index in [9.17, 15) is 0 Å². The highest BCUT2D eigenvalue weighted by molar-refractivity contribution is 7.98. The molecule has 0 fully saturated rings. The van der Waals surface area contributed by atoms with E-state index in [0.717, 1.165) is 12.2 Å². The second kappa shape index (κ2) is 4.47. The van der Waals surface area contributed by atoms with Crippen molar-refractivity contribution in [1.82, 2.24) is 10.1 Å². The fourth-order valence-corrected chi connectivity index (χ4v) is 1.32. The maximum absolute atomic E-state index is 5.78. The van der Waals surface area contributed by atoms with Crippen molar-refractivity contribution in [3.63, 3.8) is 0 Å². The molecule has 68 valence electrons. The minimum Gasteiger partial charge on any atom is -0.338 e. The number of hydrogen-bond acceptors (Lipinski definition) is 5. The summed E-state index contributed by atoms with van der Waals surface area (Å²) in [5.74, 6) is 2.20. The summed E-state index contributed by atoms with van der Waals surface area (Å²) in [7, 11) is 0. The van der Waals surface area contributed by atoms with Gasteiger partial charge in [0.15, 0.2) is 5.82 Å². The Bertz CT molecular complexity index is 238. The molecule has 1 heterocycles. The van der Waals surface area contributed by atoms with Crippen molar-refractivity contribution in [3.8, 4) is 0 Å². The van der Waals surface area contributed by atoms with Gasteiger partial charge >= 0.3 is 0 Å². The number of nitrogens with two attached hydrogens (primary N) is 1. The summed E-state index contributed by atoms with van der Waals surface area (Å²) in [6.45, 7) is 1.79. The van der Waals surface area contributed by atoms with Crippen LogP contribution in [0.2, 0.25) is 0 Å². The van der Waals surface area contributed by atoms with E-state index in [4.69, 9.17) is 10.3 Å². The molecule has 1 aromatic rings. The molecule has 1 rings (SSSR count). The highest BCUT2D eigenvalue weighted by atomic mass is 32.2. The van der Waals surface area contributed by atoms with Gasteiger partial charge in [0.05, 0.1) is 6.04 Å². The third-order valence-electron chi connectivity index (χ3n) is 1.49. The van der Waals surface area contributed by atoms with Crippen LogP contribution in [0.3, 0.4) is 0 Å². The summed E-state index contributed by atoms with van der Waals surface area (Å²) in [4.78, 5) is 4.05. The van der Waals surface area contributed by atoms with E-state index in [1.165, 1.54) is 0 Å². The lowest BCUT2D eigenvalue weighted by Crippen LogP contribution is -2.11. The average molecular weight is 187 g/mol. The predicted octanol–water partition coefficient (Wildman–Crippen LogP) is 1.13. The molecule has 4 nitrogen and oxygen atoms in total. The fraction of sp³-hybridized carbons (Fsp3) is 0.714. The smallest absolute Gasteiger partial charge is 0.243 e. The Balaban J connectivity index is 2.47. The van der Waals surface area contributed by atoms with Crippen LogP contribution in [0.1, 0.15) is 24.2 Å². The van der Waals surface area contributed by atoms with E-state index in [1.54, 1.807) is 18.7 Å². The summed E-state index contributed by atoms with van der Waals surface area (Å²) in [6.07, 6.45) is 2.93. The summed E-state index contributed by atoms with van der Waals surface area (Å²) < 4.78 is 4.93. The maximum atomic E-state index is 5.78. The lowest BCUT2D eigenvalue weighted by atomic mass is 10.2. The Morgan fingerprint density at radius 2 is 2.42 bits per heavy atom. The zero-order valence-corrected chi connectivity index (χ0v) is 8.10. The number of hydrogen-bond donors (Lipinski definition) is 1. The highest BCUT2D eigenvalue weighted by Gasteiger charge is 2.11. The van der Waals surface area contributed by atoms with Crippen molar-refractivity contribution in [3.05, 3.63) is 11.7 Å². The molecule has 1 atom stereocenters. The number of aryl methyl sites for hydroxylation is 1. The van der Waals surface area contributed by atoms with Gasteiger partial charge < -0.3 is 10.3 Å². The molecular weight excluding hydrogens is 174 g/mol. The third kappa shape index (κ3) is 2.49. The molecule has 5 heteroatoms. The molecule has 0 aliphatic carbocycles. The Kier molecular flexibility index (Phi) is 3.55. The van der Waals surface area contributed by atoms with Gasteiger partial charge in [-0.25, -0.2) is 0 Å². The molecule has 1 unspecified atom stereocenters. The first-order valence-electron chi connectivity index (χ1n) is 3.78. The average Bonchev–Trinajstić information content (AvgIpc) is 2.47.